The van der Waals surface area contributed by atoms with Crippen molar-refractivity contribution in [1.29, 1.82) is 0 Å². The summed E-state index contributed by atoms with van der Waals surface area (Å²) in [6, 6.07) is 3.97. The van der Waals surface area contributed by atoms with E-state index in [1.807, 2.05) is 24.0 Å². The van der Waals surface area contributed by atoms with E-state index in [2.05, 4.69) is 5.32 Å². The van der Waals surface area contributed by atoms with Crippen LogP contribution in [0.1, 0.15) is 59.8 Å². The number of likely N-dealkylation sites (tertiary alicyclic amines) is 1. The van der Waals surface area contributed by atoms with Crippen LogP contribution in [-0.2, 0) is 0 Å². The van der Waals surface area contributed by atoms with Crippen molar-refractivity contribution in [3.05, 3.63) is 29.1 Å². The lowest BCUT2D eigenvalue weighted by molar-refractivity contribution is 0.0721. The Kier molecular flexibility index (Phi) is 4.54. The van der Waals surface area contributed by atoms with Gasteiger partial charge in [0.15, 0.2) is 0 Å². The van der Waals surface area contributed by atoms with E-state index in [4.69, 9.17) is 4.98 Å². The molecule has 0 saturated carbocycles. The summed E-state index contributed by atoms with van der Waals surface area (Å²) >= 11 is 0. The molecule has 21 heavy (non-hydrogen) atoms. The summed E-state index contributed by atoms with van der Waals surface area (Å²) in [6.45, 7) is 5.87. The normalized spacial score (nSPS) is 20.5. The molecule has 0 aliphatic carbocycles. The zero-order valence-electron chi connectivity index (χ0n) is 12.9. The fourth-order valence-electron chi connectivity index (χ4n) is 3.43. The molecule has 4 heteroatoms. The standard InChI is InChI=1S/C17H25N3O/c1-13-5-6-15(17(21)20-11-3-2-4-12-20)16(19-13)14-7-9-18-10-8-14/h5-6,14,18H,2-4,7-12H2,1H3. The number of aromatic nitrogens is 1. The van der Waals surface area contributed by atoms with Crippen molar-refractivity contribution in [2.24, 2.45) is 0 Å². The topological polar surface area (TPSA) is 45.2 Å². The number of nitrogens with one attached hydrogen (secondary N) is 1. The third kappa shape index (κ3) is 3.26. The van der Waals surface area contributed by atoms with Crippen LogP contribution >= 0.6 is 0 Å². The SMILES string of the molecule is Cc1ccc(C(=O)N2CCCCC2)c(C2CCNCC2)n1. The van der Waals surface area contributed by atoms with Crippen LogP contribution in [0.3, 0.4) is 0 Å². The van der Waals surface area contributed by atoms with E-state index in [0.29, 0.717) is 5.92 Å². The highest BCUT2D eigenvalue weighted by Gasteiger charge is 2.26. The number of hydrogen-bond acceptors (Lipinski definition) is 3. The van der Waals surface area contributed by atoms with Gasteiger partial charge in [0, 0.05) is 24.7 Å². The molecular weight excluding hydrogens is 262 g/mol. The first-order valence-electron chi connectivity index (χ1n) is 8.23. The Morgan fingerprint density at radius 2 is 1.90 bits per heavy atom. The maximum absolute atomic E-state index is 12.8. The highest BCUT2D eigenvalue weighted by molar-refractivity contribution is 5.95. The van der Waals surface area contributed by atoms with E-state index in [-0.39, 0.29) is 5.91 Å². The Bertz CT molecular complexity index is 503. The quantitative estimate of drug-likeness (QED) is 0.909. The minimum absolute atomic E-state index is 0.190. The molecule has 1 aromatic heterocycles. The Morgan fingerprint density at radius 3 is 2.62 bits per heavy atom. The summed E-state index contributed by atoms with van der Waals surface area (Å²) in [5.41, 5.74) is 2.89. The lowest BCUT2D eigenvalue weighted by Crippen LogP contribution is -2.37. The first-order chi connectivity index (χ1) is 10.3. The summed E-state index contributed by atoms with van der Waals surface area (Å²) in [5, 5.41) is 3.39. The van der Waals surface area contributed by atoms with Crippen molar-refractivity contribution >= 4 is 5.91 Å². The van der Waals surface area contributed by atoms with Gasteiger partial charge in [-0.2, -0.15) is 0 Å². The summed E-state index contributed by atoms with van der Waals surface area (Å²) in [7, 11) is 0. The molecular formula is C17H25N3O. The minimum Gasteiger partial charge on any atom is -0.339 e. The van der Waals surface area contributed by atoms with Gasteiger partial charge in [0.1, 0.15) is 0 Å². The minimum atomic E-state index is 0.190. The van der Waals surface area contributed by atoms with Gasteiger partial charge in [0.25, 0.3) is 5.91 Å². The fourth-order valence-corrected chi connectivity index (χ4v) is 3.43. The number of nitrogens with zero attached hydrogens (tertiary/aromatic N) is 2. The first kappa shape index (κ1) is 14.5. The van der Waals surface area contributed by atoms with Gasteiger partial charge in [0.05, 0.1) is 11.3 Å². The van der Waals surface area contributed by atoms with E-state index in [1.165, 1.54) is 6.42 Å². The number of piperidine rings is 2. The first-order valence-corrected chi connectivity index (χ1v) is 8.23. The van der Waals surface area contributed by atoms with Crippen molar-refractivity contribution in [3.8, 4) is 0 Å². The van der Waals surface area contributed by atoms with Crippen LogP contribution in [0.5, 0.6) is 0 Å². The Labute approximate surface area is 126 Å². The van der Waals surface area contributed by atoms with Crippen LogP contribution < -0.4 is 5.32 Å². The molecule has 2 aliphatic heterocycles. The highest BCUT2D eigenvalue weighted by Crippen LogP contribution is 2.28. The Hall–Kier alpha value is -1.42. The van der Waals surface area contributed by atoms with E-state index in [1.54, 1.807) is 0 Å². The molecule has 0 spiro atoms. The zero-order valence-corrected chi connectivity index (χ0v) is 12.9. The van der Waals surface area contributed by atoms with Gasteiger partial charge in [0.2, 0.25) is 0 Å². The monoisotopic (exact) mass is 287 g/mol. The Balaban J connectivity index is 1.87. The fraction of sp³-hybridized carbons (Fsp3) is 0.647. The molecule has 2 aliphatic rings. The molecule has 1 N–H and O–H groups in total. The predicted molar refractivity (Wildman–Crippen MR) is 83.6 cm³/mol. The molecule has 1 amide bonds. The molecule has 0 unspecified atom stereocenters. The molecule has 0 atom stereocenters. The number of carbonyl (C=O) groups excluding carboxylic acids is 1. The number of aryl methyl sites for hydroxylation is 1. The van der Waals surface area contributed by atoms with E-state index < -0.39 is 0 Å². The lowest BCUT2D eigenvalue weighted by Gasteiger charge is -2.29. The second-order valence-corrected chi connectivity index (χ2v) is 6.26. The molecule has 114 valence electrons. The third-order valence-corrected chi connectivity index (χ3v) is 4.66. The van der Waals surface area contributed by atoms with Gasteiger partial charge < -0.3 is 10.2 Å². The van der Waals surface area contributed by atoms with Gasteiger partial charge in [-0.15, -0.1) is 0 Å². The number of hydrogen-bond donors (Lipinski definition) is 1. The summed E-state index contributed by atoms with van der Waals surface area (Å²) < 4.78 is 0. The number of amides is 1. The molecule has 0 aromatic carbocycles. The van der Waals surface area contributed by atoms with Crippen LogP contribution in [0.15, 0.2) is 12.1 Å². The number of pyridine rings is 1. The number of rotatable bonds is 2. The van der Waals surface area contributed by atoms with Crippen molar-refractivity contribution in [3.63, 3.8) is 0 Å². The average molecular weight is 287 g/mol. The van der Waals surface area contributed by atoms with Crippen LogP contribution in [-0.4, -0.2) is 42.0 Å². The van der Waals surface area contributed by atoms with Gasteiger partial charge >= 0.3 is 0 Å². The smallest absolute Gasteiger partial charge is 0.255 e. The van der Waals surface area contributed by atoms with Crippen LogP contribution in [0.25, 0.3) is 0 Å². The summed E-state index contributed by atoms with van der Waals surface area (Å²) in [6.07, 6.45) is 5.67. The second kappa shape index (κ2) is 6.56. The third-order valence-electron chi connectivity index (χ3n) is 4.66. The molecule has 2 saturated heterocycles. The second-order valence-electron chi connectivity index (χ2n) is 6.26. The molecule has 3 rings (SSSR count). The molecule has 3 heterocycles. The molecule has 0 bridgehead atoms. The average Bonchev–Trinajstić information content (AvgIpc) is 2.56. The molecule has 4 nitrogen and oxygen atoms in total. The van der Waals surface area contributed by atoms with Gasteiger partial charge in [-0.05, 0) is 64.3 Å². The zero-order chi connectivity index (χ0) is 14.7. The number of carbonyl (C=O) groups is 1. The molecule has 2 fully saturated rings. The maximum Gasteiger partial charge on any atom is 0.255 e. The molecule has 0 radical (unpaired) electrons. The Morgan fingerprint density at radius 1 is 1.19 bits per heavy atom. The van der Waals surface area contributed by atoms with Crippen molar-refractivity contribution in [1.82, 2.24) is 15.2 Å². The van der Waals surface area contributed by atoms with Gasteiger partial charge in [-0.3, -0.25) is 9.78 Å². The van der Waals surface area contributed by atoms with E-state index in [0.717, 1.165) is 68.8 Å². The summed E-state index contributed by atoms with van der Waals surface area (Å²) in [4.78, 5) is 19.6. The van der Waals surface area contributed by atoms with Crippen LogP contribution in [0.4, 0.5) is 0 Å². The van der Waals surface area contributed by atoms with Gasteiger partial charge in [-0.25, -0.2) is 0 Å². The van der Waals surface area contributed by atoms with Crippen molar-refractivity contribution in [2.45, 2.75) is 44.9 Å². The highest BCUT2D eigenvalue weighted by atomic mass is 16.2. The predicted octanol–water partition coefficient (Wildman–Crippen LogP) is 2.48. The van der Waals surface area contributed by atoms with E-state index >= 15 is 0 Å². The lowest BCUT2D eigenvalue weighted by atomic mass is 9.90. The summed E-state index contributed by atoms with van der Waals surface area (Å²) in [5.74, 6) is 0.616. The van der Waals surface area contributed by atoms with Gasteiger partial charge in [-0.1, -0.05) is 0 Å². The van der Waals surface area contributed by atoms with E-state index in [9.17, 15) is 4.79 Å². The van der Waals surface area contributed by atoms with Crippen molar-refractivity contribution in [2.75, 3.05) is 26.2 Å². The van der Waals surface area contributed by atoms with Crippen molar-refractivity contribution < 1.29 is 4.79 Å². The van der Waals surface area contributed by atoms with Crippen LogP contribution in [0.2, 0.25) is 0 Å². The molecule has 1 aromatic rings. The van der Waals surface area contributed by atoms with Crippen LogP contribution in [0, 0.1) is 6.92 Å². The maximum atomic E-state index is 12.8. The largest absolute Gasteiger partial charge is 0.339 e.